The third-order valence-corrected chi connectivity index (χ3v) is 2.78. The Morgan fingerprint density at radius 1 is 0.647 bits per heavy atom. The highest BCUT2D eigenvalue weighted by molar-refractivity contribution is 5.04. The molecule has 0 bridgehead atoms. The molecule has 0 fully saturated rings. The highest BCUT2D eigenvalue weighted by Crippen LogP contribution is 2.07. The highest BCUT2D eigenvalue weighted by atomic mass is 13.9. The van der Waals surface area contributed by atoms with E-state index in [1.54, 1.807) is 0 Å². The molecule has 0 heteroatoms. The maximum atomic E-state index is 2.29. The third kappa shape index (κ3) is 15.2. The van der Waals surface area contributed by atoms with Crippen molar-refractivity contribution in [1.29, 1.82) is 0 Å². The smallest absolute Gasteiger partial charge is 0.0166 e. The molecule has 0 saturated carbocycles. The standard InChI is InChI=1S/C17H30/c1-3-5-7-9-11-13-15-17-16-14-12-10-8-6-4-2/h5,7,11,13,15,17H,3-4,6,8-10,12,14,16H2,1-2H3. The first kappa shape index (κ1) is 16.2. The van der Waals surface area contributed by atoms with Gasteiger partial charge in [0, 0.05) is 0 Å². The van der Waals surface area contributed by atoms with E-state index < -0.39 is 0 Å². The van der Waals surface area contributed by atoms with Crippen LogP contribution in [0.1, 0.15) is 71.6 Å². The van der Waals surface area contributed by atoms with Crippen molar-refractivity contribution in [2.75, 3.05) is 0 Å². The molecule has 98 valence electrons. The Morgan fingerprint density at radius 2 is 1.35 bits per heavy atom. The highest BCUT2D eigenvalue weighted by Gasteiger charge is 1.87. The van der Waals surface area contributed by atoms with Crippen LogP contribution in [0.15, 0.2) is 36.5 Å². The van der Waals surface area contributed by atoms with Crippen molar-refractivity contribution in [1.82, 2.24) is 0 Å². The van der Waals surface area contributed by atoms with Crippen LogP contribution in [-0.4, -0.2) is 0 Å². The van der Waals surface area contributed by atoms with Gasteiger partial charge in [0.2, 0.25) is 0 Å². The zero-order valence-electron chi connectivity index (χ0n) is 11.8. The van der Waals surface area contributed by atoms with Crippen molar-refractivity contribution < 1.29 is 0 Å². The van der Waals surface area contributed by atoms with E-state index in [9.17, 15) is 0 Å². The first-order chi connectivity index (χ1) is 8.41. The van der Waals surface area contributed by atoms with Crippen LogP contribution in [0.4, 0.5) is 0 Å². The van der Waals surface area contributed by atoms with Gasteiger partial charge in [0.15, 0.2) is 0 Å². The Labute approximate surface area is 109 Å². The van der Waals surface area contributed by atoms with Crippen LogP contribution in [-0.2, 0) is 0 Å². The van der Waals surface area contributed by atoms with E-state index in [0.29, 0.717) is 0 Å². The molecule has 0 saturated heterocycles. The average Bonchev–Trinajstić information content (AvgIpc) is 2.35. The second-order valence-corrected chi connectivity index (χ2v) is 4.53. The van der Waals surface area contributed by atoms with Gasteiger partial charge in [0.25, 0.3) is 0 Å². The molecule has 0 nitrogen and oxygen atoms in total. The van der Waals surface area contributed by atoms with Gasteiger partial charge in [-0.3, -0.25) is 0 Å². The molecule has 0 aliphatic heterocycles. The molecular formula is C17H30. The summed E-state index contributed by atoms with van der Waals surface area (Å²) in [7, 11) is 0. The Hall–Kier alpha value is -0.780. The number of allylic oxidation sites excluding steroid dienone is 6. The van der Waals surface area contributed by atoms with Gasteiger partial charge in [-0.25, -0.2) is 0 Å². The minimum atomic E-state index is 1.06. The van der Waals surface area contributed by atoms with Crippen LogP contribution in [0.3, 0.4) is 0 Å². The van der Waals surface area contributed by atoms with Gasteiger partial charge in [-0.2, -0.15) is 0 Å². The summed E-state index contributed by atoms with van der Waals surface area (Å²) < 4.78 is 0. The van der Waals surface area contributed by atoms with Crippen molar-refractivity contribution in [2.24, 2.45) is 0 Å². The molecule has 0 amide bonds. The van der Waals surface area contributed by atoms with E-state index in [1.165, 1.54) is 44.9 Å². The fraction of sp³-hybridized carbons (Fsp3) is 0.647. The lowest BCUT2D eigenvalue weighted by molar-refractivity contribution is 0.611. The number of rotatable bonds is 11. The van der Waals surface area contributed by atoms with Gasteiger partial charge in [-0.1, -0.05) is 82.4 Å². The summed E-state index contributed by atoms with van der Waals surface area (Å²) in [5.41, 5.74) is 0. The molecule has 17 heavy (non-hydrogen) atoms. The molecule has 0 aliphatic carbocycles. The van der Waals surface area contributed by atoms with Crippen molar-refractivity contribution in [2.45, 2.75) is 71.6 Å². The van der Waals surface area contributed by atoms with Gasteiger partial charge < -0.3 is 0 Å². The monoisotopic (exact) mass is 234 g/mol. The molecule has 0 aromatic carbocycles. The van der Waals surface area contributed by atoms with E-state index >= 15 is 0 Å². The fourth-order valence-corrected chi connectivity index (χ4v) is 1.72. The molecule has 0 aromatic rings. The van der Waals surface area contributed by atoms with Crippen molar-refractivity contribution in [3.05, 3.63) is 36.5 Å². The third-order valence-electron chi connectivity index (χ3n) is 2.78. The second kappa shape index (κ2) is 15.2. The molecule has 0 atom stereocenters. The summed E-state index contributed by atoms with van der Waals surface area (Å²) in [6.45, 7) is 4.44. The van der Waals surface area contributed by atoms with Crippen LogP contribution in [0, 0.1) is 0 Å². The summed E-state index contributed by atoms with van der Waals surface area (Å²) in [5, 5.41) is 0. The van der Waals surface area contributed by atoms with Crippen LogP contribution in [0.2, 0.25) is 0 Å². The number of hydrogen-bond acceptors (Lipinski definition) is 0. The number of hydrogen-bond donors (Lipinski definition) is 0. The topological polar surface area (TPSA) is 0 Å². The van der Waals surface area contributed by atoms with Crippen LogP contribution >= 0.6 is 0 Å². The van der Waals surface area contributed by atoms with Gasteiger partial charge in [0.05, 0.1) is 0 Å². The van der Waals surface area contributed by atoms with Gasteiger partial charge >= 0.3 is 0 Å². The van der Waals surface area contributed by atoms with Crippen molar-refractivity contribution >= 4 is 0 Å². The lowest BCUT2D eigenvalue weighted by Crippen LogP contribution is -1.77. The predicted octanol–water partition coefficient (Wildman–Crippen LogP) is 6.21. The normalized spacial score (nSPS) is 12.4. The van der Waals surface area contributed by atoms with Crippen molar-refractivity contribution in [3.8, 4) is 0 Å². The summed E-state index contributed by atoms with van der Waals surface area (Å²) in [6, 6.07) is 0. The second-order valence-electron chi connectivity index (χ2n) is 4.53. The van der Waals surface area contributed by atoms with Crippen LogP contribution in [0.5, 0.6) is 0 Å². The Bertz CT molecular complexity index is 208. The van der Waals surface area contributed by atoms with Crippen LogP contribution < -0.4 is 0 Å². The summed E-state index contributed by atoms with van der Waals surface area (Å²) >= 11 is 0. The van der Waals surface area contributed by atoms with E-state index in [4.69, 9.17) is 0 Å². The molecule has 0 aromatic heterocycles. The van der Waals surface area contributed by atoms with E-state index in [1.807, 2.05) is 0 Å². The van der Waals surface area contributed by atoms with Gasteiger partial charge in [-0.05, 0) is 25.7 Å². The fourth-order valence-electron chi connectivity index (χ4n) is 1.72. The summed E-state index contributed by atoms with van der Waals surface area (Å²) in [5.74, 6) is 0. The maximum Gasteiger partial charge on any atom is -0.0166 e. The molecule has 0 rings (SSSR count). The minimum Gasteiger partial charge on any atom is -0.0885 e. The molecule has 0 unspecified atom stereocenters. The lowest BCUT2D eigenvalue weighted by Gasteiger charge is -1.97. The van der Waals surface area contributed by atoms with E-state index in [0.717, 1.165) is 12.8 Å². The maximum absolute atomic E-state index is 2.29. The molecule has 0 aliphatic rings. The molecule has 0 radical (unpaired) electrons. The summed E-state index contributed by atoms with van der Waals surface area (Å²) in [6.07, 6.45) is 25.1. The molecule has 0 spiro atoms. The quantitative estimate of drug-likeness (QED) is 0.227. The Kier molecular flexibility index (Phi) is 14.5. The zero-order chi connectivity index (χ0) is 12.6. The lowest BCUT2D eigenvalue weighted by atomic mass is 10.1. The van der Waals surface area contributed by atoms with Gasteiger partial charge in [0.1, 0.15) is 0 Å². The summed E-state index contributed by atoms with van der Waals surface area (Å²) in [4.78, 5) is 0. The minimum absolute atomic E-state index is 1.06. The average molecular weight is 234 g/mol. The largest absolute Gasteiger partial charge is 0.0885 e. The Morgan fingerprint density at radius 3 is 2.12 bits per heavy atom. The van der Waals surface area contributed by atoms with E-state index in [2.05, 4.69) is 50.3 Å². The molecule has 0 N–H and O–H groups in total. The number of unbranched alkanes of at least 4 members (excludes halogenated alkanes) is 6. The molecular weight excluding hydrogens is 204 g/mol. The first-order valence-electron chi connectivity index (χ1n) is 7.38. The molecule has 0 heterocycles. The van der Waals surface area contributed by atoms with Gasteiger partial charge in [-0.15, -0.1) is 0 Å². The first-order valence-corrected chi connectivity index (χ1v) is 7.38. The van der Waals surface area contributed by atoms with Crippen LogP contribution in [0.25, 0.3) is 0 Å². The Balaban J connectivity index is 3.21. The van der Waals surface area contributed by atoms with Crippen molar-refractivity contribution in [3.63, 3.8) is 0 Å². The zero-order valence-corrected chi connectivity index (χ0v) is 11.8. The SMILES string of the molecule is CCC=CCC=CC=CCCCCCCCC. The van der Waals surface area contributed by atoms with E-state index in [-0.39, 0.29) is 0 Å². The predicted molar refractivity (Wildman–Crippen MR) is 80.3 cm³/mol.